The Bertz CT molecular complexity index is 709. The van der Waals surface area contributed by atoms with Crippen molar-refractivity contribution in [1.82, 2.24) is 4.98 Å². The highest BCUT2D eigenvalue weighted by Crippen LogP contribution is 2.30. The van der Waals surface area contributed by atoms with E-state index in [2.05, 4.69) is 16.6 Å². The number of nitriles is 2. The molecule has 0 bridgehead atoms. The molecular weight excluding hydrogens is 288 g/mol. The van der Waals surface area contributed by atoms with Crippen molar-refractivity contribution < 1.29 is 4.74 Å². The molecule has 5 nitrogen and oxygen atoms in total. The topological polar surface area (TPSA) is 85.0 Å². The zero-order chi connectivity index (χ0) is 17.1. The molecule has 1 heterocycles. The molecule has 0 unspecified atom stereocenters. The lowest BCUT2D eigenvalue weighted by Gasteiger charge is -2.00. The van der Waals surface area contributed by atoms with E-state index >= 15 is 0 Å². The second kappa shape index (κ2) is 9.81. The van der Waals surface area contributed by atoms with E-state index in [1.807, 2.05) is 44.2 Å². The number of ether oxygens (including phenoxy) is 1. The molecule has 23 heavy (non-hydrogen) atoms. The minimum absolute atomic E-state index is 0.192. The van der Waals surface area contributed by atoms with Crippen molar-refractivity contribution >= 4 is 12.0 Å². The SMILES string of the molecule is C=CC\C=C/C(/C=N/c1[nH]c(OCCC)c(C#N)c1C#N)=C\C. The first-order valence-electron chi connectivity index (χ1n) is 7.38. The van der Waals surface area contributed by atoms with Crippen LogP contribution in [-0.2, 0) is 0 Å². The third-order valence-electron chi connectivity index (χ3n) is 2.91. The van der Waals surface area contributed by atoms with E-state index in [0.717, 1.165) is 18.4 Å². The van der Waals surface area contributed by atoms with Crippen LogP contribution in [0.2, 0.25) is 0 Å². The molecule has 0 aliphatic heterocycles. The summed E-state index contributed by atoms with van der Waals surface area (Å²) in [6, 6.07) is 4.00. The minimum atomic E-state index is 0.192. The Morgan fingerprint density at radius 1 is 1.35 bits per heavy atom. The van der Waals surface area contributed by atoms with E-state index in [9.17, 15) is 10.5 Å². The van der Waals surface area contributed by atoms with Crippen LogP contribution in [-0.4, -0.2) is 17.8 Å². The van der Waals surface area contributed by atoms with Crippen LogP contribution in [0.5, 0.6) is 5.88 Å². The summed E-state index contributed by atoms with van der Waals surface area (Å²) in [6.45, 7) is 7.99. The first-order chi connectivity index (χ1) is 11.2. The lowest BCUT2D eigenvalue weighted by Crippen LogP contribution is -1.96. The number of hydrogen-bond acceptors (Lipinski definition) is 4. The third kappa shape index (κ3) is 5.01. The number of nitrogens with zero attached hydrogens (tertiary/aromatic N) is 3. The number of nitrogens with one attached hydrogen (secondary N) is 1. The fraction of sp³-hybridized carbons (Fsp3) is 0.278. The van der Waals surface area contributed by atoms with Crippen molar-refractivity contribution in [2.75, 3.05) is 6.61 Å². The molecule has 0 aliphatic rings. The standard InChI is InChI=1S/C18H20N4O/c1-4-7-8-9-14(6-3)13-21-17-15(11-19)16(12-20)18(22-17)23-10-5-2/h4,6,8-9,13,22H,1,5,7,10H2,2-3H3/b9-8-,14-6+,21-13+. The van der Waals surface area contributed by atoms with Crippen molar-refractivity contribution in [2.24, 2.45) is 4.99 Å². The second-order valence-electron chi connectivity index (χ2n) is 4.60. The van der Waals surface area contributed by atoms with Gasteiger partial charge in [0.15, 0.2) is 5.82 Å². The Morgan fingerprint density at radius 3 is 2.65 bits per heavy atom. The summed E-state index contributed by atoms with van der Waals surface area (Å²) in [4.78, 5) is 7.19. The summed E-state index contributed by atoms with van der Waals surface area (Å²) in [5.74, 6) is 0.619. The van der Waals surface area contributed by atoms with Crippen LogP contribution >= 0.6 is 0 Å². The Morgan fingerprint density at radius 2 is 2.09 bits per heavy atom. The molecule has 0 amide bonds. The van der Waals surface area contributed by atoms with Crippen LogP contribution in [0.3, 0.4) is 0 Å². The third-order valence-corrected chi connectivity index (χ3v) is 2.91. The lowest BCUT2D eigenvalue weighted by atomic mass is 10.2. The summed E-state index contributed by atoms with van der Waals surface area (Å²) in [6.07, 6.45) is 10.8. The van der Waals surface area contributed by atoms with Gasteiger partial charge >= 0.3 is 0 Å². The van der Waals surface area contributed by atoms with E-state index in [1.165, 1.54) is 0 Å². The second-order valence-corrected chi connectivity index (χ2v) is 4.60. The van der Waals surface area contributed by atoms with Gasteiger partial charge in [-0.2, -0.15) is 10.5 Å². The summed E-state index contributed by atoms with van der Waals surface area (Å²) >= 11 is 0. The van der Waals surface area contributed by atoms with Crippen molar-refractivity contribution in [3.05, 3.63) is 47.6 Å². The maximum absolute atomic E-state index is 9.27. The van der Waals surface area contributed by atoms with Gasteiger partial charge in [0.25, 0.3) is 0 Å². The van der Waals surface area contributed by atoms with Crippen LogP contribution in [0.1, 0.15) is 37.8 Å². The molecule has 0 aliphatic carbocycles. The van der Waals surface area contributed by atoms with Gasteiger partial charge in [-0.3, -0.25) is 0 Å². The average Bonchev–Trinajstić information content (AvgIpc) is 2.92. The van der Waals surface area contributed by atoms with Gasteiger partial charge in [0.1, 0.15) is 23.3 Å². The van der Waals surface area contributed by atoms with Crippen molar-refractivity contribution in [1.29, 1.82) is 10.5 Å². The zero-order valence-electron chi connectivity index (χ0n) is 13.5. The first kappa shape index (κ1) is 18.0. The van der Waals surface area contributed by atoms with E-state index in [1.54, 1.807) is 12.3 Å². The maximum atomic E-state index is 9.27. The number of hydrogen-bond donors (Lipinski definition) is 1. The summed E-state index contributed by atoms with van der Waals surface area (Å²) in [5, 5.41) is 18.5. The zero-order valence-corrected chi connectivity index (χ0v) is 13.5. The largest absolute Gasteiger partial charge is 0.478 e. The number of rotatable bonds is 8. The highest BCUT2D eigenvalue weighted by Gasteiger charge is 2.17. The van der Waals surface area contributed by atoms with Gasteiger partial charge in [0.05, 0.1) is 6.61 Å². The number of H-pyrrole nitrogens is 1. The molecule has 1 rings (SSSR count). The molecule has 5 heteroatoms. The number of aliphatic imine (C=N–C) groups is 1. The Labute approximate surface area is 136 Å². The van der Waals surface area contributed by atoms with Gasteiger partial charge in [-0.25, -0.2) is 4.99 Å². The highest BCUT2D eigenvalue weighted by atomic mass is 16.5. The van der Waals surface area contributed by atoms with Gasteiger partial charge in [-0.1, -0.05) is 31.2 Å². The molecule has 1 aromatic heterocycles. The summed E-state index contributed by atoms with van der Waals surface area (Å²) in [5.41, 5.74) is 1.28. The van der Waals surface area contributed by atoms with E-state index < -0.39 is 0 Å². The van der Waals surface area contributed by atoms with Gasteiger partial charge in [0.2, 0.25) is 5.88 Å². The molecule has 0 saturated carbocycles. The molecule has 0 aromatic carbocycles. The van der Waals surface area contributed by atoms with Gasteiger partial charge in [-0.05, 0) is 25.3 Å². The fourth-order valence-electron chi connectivity index (χ4n) is 1.74. The van der Waals surface area contributed by atoms with Gasteiger partial charge in [-0.15, -0.1) is 6.58 Å². The number of allylic oxidation sites excluding steroid dienone is 5. The predicted molar refractivity (Wildman–Crippen MR) is 91.9 cm³/mol. The lowest BCUT2D eigenvalue weighted by molar-refractivity contribution is 0.306. The normalized spacial score (nSPS) is 11.6. The number of aromatic nitrogens is 1. The molecule has 0 fully saturated rings. The molecule has 0 saturated heterocycles. The summed E-state index contributed by atoms with van der Waals surface area (Å²) in [7, 11) is 0. The molecule has 0 atom stereocenters. The number of aromatic amines is 1. The average molecular weight is 308 g/mol. The predicted octanol–water partition coefficient (Wildman–Crippen LogP) is 4.33. The summed E-state index contributed by atoms with van der Waals surface area (Å²) < 4.78 is 5.47. The van der Waals surface area contributed by atoms with E-state index in [4.69, 9.17) is 4.74 Å². The van der Waals surface area contributed by atoms with Crippen LogP contribution in [0.25, 0.3) is 0 Å². The van der Waals surface area contributed by atoms with E-state index in [0.29, 0.717) is 18.3 Å². The maximum Gasteiger partial charge on any atom is 0.212 e. The minimum Gasteiger partial charge on any atom is -0.478 e. The van der Waals surface area contributed by atoms with Crippen LogP contribution < -0.4 is 4.74 Å². The van der Waals surface area contributed by atoms with E-state index in [-0.39, 0.29) is 11.1 Å². The molecule has 1 aromatic rings. The Hall–Kier alpha value is -3.05. The van der Waals surface area contributed by atoms with Crippen molar-refractivity contribution in [3.8, 4) is 18.0 Å². The van der Waals surface area contributed by atoms with Gasteiger partial charge < -0.3 is 9.72 Å². The van der Waals surface area contributed by atoms with Crippen molar-refractivity contribution in [2.45, 2.75) is 26.7 Å². The molecule has 0 radical (unpaired) electrons. The fourth-order valence-corrected chi connectivity index (χ4v) is 1.74. The Kier molecular flexibility index (Phi) is 7.68. The smallest absolute Gasteiger partial charge is 0.212 e. The highest BCUT2D eigenvalue weighted by molar-refractivity contribution is 5.85. The monoisotopic (exact) mass is 308 g/mol. The molecular formula is C18H20N4O. The molecule has 0 spiro atoms. The van der Waals surface area contributed by atoms with Crippen molar-refractivity contribution in [3.63, 3.8) is 0 Å². The first-order valence-corrected chi connectivity index (χ1v) is 7.38. The van der Waals surface area contributed by atoms with Gasteiger partial charge in [0, 0.05) is 6.21 Å². The molecule has 118 valence electrons. The van der Waals surface area contributed by atoms with Crippen LogP contribution in [0.15, 0.2) is 41.4 Å². The molecule has 1 N–H and O–H groups in total. The van der Waals surface area contributed by atoms with Crippen LogP contribution in [0.4, 0.5) is 5.82 Å². The van der Waals surface area contributed by atoms with Crippen LogP contribution in [0, 0.1) is 22.7 Å². The quantitative estimate of drug-likeness (QED) is 0.440. The Balaban J connectivity index is 3.10.